The lowest BCUT2D eigenvalue weighted by Gasteiger charge is -2.08. The fourth-order valence-corrected chi connectivity index (χ4v) is 2.45. The van der Waals surface area contributed by atoms with Crippen LogP contribution in [0.4, 0.5) is 5.82 Å². The smallest absolute Gasteiger partial charge is 0.337 e. The number of aromatic nitrogens is 1. The van der Waals surface area contributed by atoms with Crippen molar-refractivity contribution in [3.05, 3.63) is 23.4 Å². The molecule has 0 radical (unpaired) electrons. The zero-order valence-electron chi connectivity index (χ0n) is 10.8. The van der Waals surface area contributed by atoms with Gasteiger partial charge in [-0.15, -0.1) is 0 Å². The lowest BCUT2D eigenvalue weighted by molar-refractivity contribution is 0.0695. The minimum atomic E-state index is -3.27. The summed E-state index contributed by atoms with van der Waals surface area (Å²) in [6.45, 7) is 3.85. The zero-order valence-corrected chi connectivity index (χ0v) is 11.6. The quantitative estimate of drug-likeness (QED) is 0.671. The van der Waals surface area contributed by atoms with Crippen molar-refractivity contribution in [2.45, 2.75) is 13.8 Å². The molecule has 3 N–H and O–H groups in total. The fraction of sp³-hybridized carbons (Fsp3) is 0.455. The predicted octanol–water partition coefficient (Wildman–Crippen LogP) is 0.439. The number of carbonyl (C=O) groups is 1. The van der Waals surface area contributed by atoms with Crippen LogP contribution in [0.3, 0.4) is 0 Å². The van der Waals surface area contributed by atoms with Crippen molar-refractivity contribution < 1.29 is 18.3 Å². The molecule has 106 valence electrons. The molecule has 0 aliphatic rings. The molecule has 0 amide bonds. The molecule has 1 heterocycles. The number of pyridine rings is 1. The number of carboxylic acid groups (broad SMARTS) is 1. The number of anilines is 1. The SMILES string of the molecule is CCNS(=O)(=O)CCNc1ccc(C(=O)O)c(C)n1. The van der Waals surface area contributed by atoms with Gasteiger partial charge < -0.3 is 10.4 Å². The first-order valence-electron chi connectivity index (χ1n) is 5.78. The molecule has 1 aromatic rings. The van der Waals surface area contributed by atoms with Gasteiger partial charge in [-0.1, -0.05) is 6.92 Å². The average Bonchev–Trinajstić information content (AvgIpc) is 2.28. The molecule has 0 unspecified atom stereocenters. The van der Waals surface area contributed by atoms with E-state index in [0.717, 1.165) is 0 Å². The Balaban J connectivity index is 2.60. The van der Waals surface area contributed by atoms with E-state index in [9.17, 15) is 13.2 Å². The van der Waals surface area contributed by atoms with Crippen molar-refractivity contribution in [3.8, 4) is 0 Å². The number of aryl methyl sites for hydroxylation is 1. The third-order valence-electron chi connectivity index (χ3n) is 2.36. The van der Waals surface area contributed by atoms with Gasteiger partial charge in [0.15, 0.2) is 0 Å². The van der Waals surface area contributed by atoms with Crippen LogP contribution in [0.15, 0.2) is 12.1 Å². The lowest BCUT2D eigenvalue weighted by atomic mass is 10.2. The maximum absolute atomic E-state index is 11.4. The molecule has 0 atom stereocenters. The molecule has 0 aliphatic carbocycles. The minimum absolute atomic E-state index is 0.0672. The largest absolute Gasteiger partial charge is 0.478 e. The molecular weight excluding hydrogens is 270 g/mol. The van der Waals surface area contributed by atoms with Gasteiger partial charge in [0.25, 0.3) is 0 Å². The summed E-state index contributed by atoms with van der Waals surface area (Å²) >= 11 is 0. The van der Waals surface area contributed by atoms with Crippen LogP contribution in [-0.4, -0.2) is 43.3 Å². The molecule has 1 rings (SSSR count). The van der Waals surface area contributed by atoms with Gasteiger partial charge in [0, 0.05) is 13.1 Å². The Kier molecular flexibility index (Phi) is 5.25. The summed E-state index contributed by atoms with van der Waals surface area (Å²) < 4.78 is 25.1. The van der Waals surface area contributed by atoms with E-state index in [1.165, 1.54) is 12.1 Å². The van der Waals surface area contributed by atoms with Crippen LogP contribution in [-0.2, 0) is 10.0 Å². The second kappa shape index (κ2) is 6.48. The van der Waals surface area contributed by atoms with Crippen molar-refractivity contribution in [1.29, 1.82) is 0 Å². The van der Waals surface area contributed by atoms with Crippen LogP contribution in [0.25, 0.3) is 0 Å². The summed E-state index contributed by atoms with van der Waals surface area (Å²) in [6, 6.07) is 2.95. The Morgan fingerprint density at radius 1 is 1.42 bits per heavy atom. The van der Waals surface area contributed by atoms with Crippen LogP contribution in [0, 0.1) is 6.92 Å². The highest BCUT2D eigenvalue weighted by Crippen LogP contribution is 2.10. The Labute approximate surface area is 112 Å². The van der Waals surface area contributed by atoms with E-state index in [-0.39, 0.29) is 17.9 Å². The van der Waals surface area contributed by atoms with Gasteiger partial charge >= 0.3 is 5.97 Å². The highest BCUT2D eigenvalue weighted by molar-refractivity contribution is 7.89. The monoisotopic (exact) mass is 287 g/mol. The Bertz CT molecular complexity index is 557. The third-order valence-corrected chi connectivity index (χ3v) is 3.83. The molecule has 0 bridgehead atoms. The van der Waals surface area contributed by atoms with Crippen molar-refractivity contribution >= 4 is 21.8 Å². The van der Waals surface area contributed by atoms with Gasteiger partial charge in [-0.05, 0) is 19.1 Å². The molecule has 8 heteroatoms. The highest BCUT2D eigenvalue weighted by Gasteiger charge is 2.10. The summed E-state index contributed by atoms with van der Waals surface area (Å²) in [7, 11) is -3.27. The summed E-state index contributed by atoms with van der Waals surface area (Å²) in [6.07, 6.45) is 0. The highest BCUT2D eigenvalue weighted by atomic mass is 32.2. The number of sulfonamides is 1. The van der Waals surface area contributed by atoms with Gasteiger partial charge in [0.2, 0.25) is 10.0 Å². The molecule has 0 fully saturated rings. The number of nitrogens with one attached hydrogen (secondary N) is 2. The van der Waals surface area contributed by atoms with E-state index in [1.807, 2.05) is 0 Å². The predicted molar refractivity (Wildman–Crippen MR) is 71.9 cm³/mol. The number of hydrogen-bond acceptors (Lipinski definition) is 5. The first-order valence-corrected chi connectivity index (χ1v) is 7.43. The van der Waals surface area contributed by atoms with E-state index >= 15 is 0 Å². The van der Waals surface area contributed by atoms with Crippen LogP contribution >= 0.6 is 0 Å². The van der Waals surface area contributed by atoms with E-state index < -0.39 is 16.0 Å². The Hall–Kier alpha value is -1.67. The normalized spacial score (nSPS) is 11.3. The molecule has 0 spiro atoms. The summed E-state index contributed by atoms with van der Waals surface area (Å²) in [4.78, 5) is 14.9. The lowest BCUT2D eigenvalue weighted by Crippen LogP contribution is -2.29. The van der Waals surface area contributed by atoms with Gasteiger partial charge in [0.1, 0.15) is 5.82 Å². The Morgan fingerprint density at radius 3 is 2.63 bits per heavy atom. The number of nitrogens with zero attached hydrogens (tertiary/aromatic N) is 1. The number of aromatic carboxylic acids is 1. The standard InChI is InChI=1S/C11H17N3O4S/c1-3-13-19(17,18)7-6-12-10-5-4-9(11(15)16)8(2)14-10/h4-5,13H,3,6-7H2,1-2H3,(H,12,14)(H,15,16). The van der Waals surface area contributed by atoms with Crippen molar-refractivity contribution in [3.63, 3.8) is 0 Å². The molecule has 0 saturated heterocycles. The maximum Gasteiger partial charge on any atom is 0.337 e. The van der Waals surface area contributed by atoms with E-state index in [1.54, 1.807) is 13.8 Å². The maximum atomic E-state index is 11.4. The van der Waals surface area contributed by atoms with E-state index in [0.29, 0.717) is 18.1 Å². The topological polar surface area (TPSA) is 108 Å². The first-order chi connectivity index (χ1) is 8.85. The Morgan fingerprint density at radius 2 is 2.11 bits per heavy atom. The first kappa shape index (κ1) is 15.4. The van der Waals surface area contributed by atoms with Crippen LogP contribution in [0.2, 0.25) is 0 Å². The van der Waals surface area contributed by atoms with Gasteiger partial charge in [0.05, 0.1) is 17.0 Å². The van der Waals surface area contributed by atoms with Gasteiger partial charge in [-0.3, -0.25) is 0 Å². The third kappa shape index (κ3) is 4.84. The van der Waals surface area contributed by atoms with Crippen LogP contribution in [0.1, 0.15) is 23.0 Å². The number of rotatable bonds is 7. The fourth-order valence-electron chi connectivity index (χ4n) is 1.49. The average molecular weight is 287 g/mol. The number of hydrogen-bond donors (Lipinski definition) is 3. The van der Waals surface area contributed by atoms with Crippen molar-refractivity contribution in [2.75, 3.05) is 24.2 Å². The second-order valence-corrected chi connectivity index (χ2v) is 5.80. The van der Waals surface area contributed by atoms with E-state index in [4.69, 9.17) is 5.11 Å². The molecule has 7 nitrogen and oxygen atoms in total. The zero-order chi connectivity index (χ0) is 14.5. The van der Waals surface area contributed by atoms with Crippen molar-refractivity contribution in [1.82, 2.24) is 9.71 Å². The van der Waals surface area contributed by atoms with Gasteiger partial charge in [-0.25, -0.2) is 22.9 Å². The summed E-state index contributed by atoms with van der Waals surface area (Å²) in [5, 5.41) is 11.7. The molecule has 0 aromatic carbocycles. The summed E-state index contributed by atoms with van der Waals surface area (Å²) in [5.41, 5.74) is 0.512. The van der Waals surface area contributed by atoms with Crippen LogP contribution in [0.5, 0.6) is 0 Å². The summed E-state index contributed by atoms with van der Waals surface area (Å²) in [5.74, 6) is -0.650. The second-order valence-electron chi connectivity index (χ2n) is 3.88. The molecule has 1 aromatic heterocycles. The van der Waals surface area contributed by atoms with Gasteiger partial charge in [-0.2, -0.15) is 0 Å². The number of carboxylic acids is 1. The van der Waals surface area contributed by atoms with Crippen LogP contribution < -0.4 is 10.0 Å². The molecular formula is C11H17N3O4S. The van der Waals surface area contributed by atoms with E-state index in [2.05, 4.69) is 15.0 Å². The van der Waals surface area contributed by atoms with Crippen molar-refractivity contribution in [2.24, 2.45) is 0 Å². The molecule has 19 heavy (non-hydrogen) atoms. The molecule has 0 saturated carbocycles. The minimum Gasteiger partial charge on any atom is -0.478 e. The molecule has 0 aliphatic heterocycles.